The van der Waals surface area contributed by atoms with Gasteiger partial charge in [0.25, 0.3) is 0 Å². The number of hydrogen-bond acceptors (Lipinski definition) is 5. The third-order valence-electron chi connectivity index (χ3n) is 6.59. The average Bonchev–Trinajstić information content (AvgIpc) is 3.29. The maximum absolute atomic E-state index is 11.9. The van der Waals surface area contributed by atoms with Gasteiger partial charge in [-0.15, -0.1) is 0 Å². The van der Waals surface area contributed by atoms with Crippen LogP contribution in [0.4, 0.5) is 0 Å². The topological polar surface area (TPSA) is 58.4 Å². The van der Waals surface area contributed by atoms with Crippen molar-refractivity contribution in [2.45, 2.75) is 26.1 Å². The van der Waals surface area contributed by atoms with E-state index in [2.05, 4.69) is 62.9 Å². The molecule has 2 aliphatic rings. The van der Waals surface area contributed by atoms with Crippen LogP contribution in [0.5, 0.6) is 0 Å². The second kappa shape index (κ2) is 8.73. The molecule has 164 valence electrons. The quantitative estimate of drug-likeness (QED) is 0.592. The third kappa shape index (κ3) is 4.84. The van der Waals surface area contributed by atoms with Crippen molar-refractivity contribution in [3.05, 3.63) is 66.0 Å². The standard InChI is InChI=1S/C24H30N4O2S/c29-31(30)15-10-21(18-31)16-24-25-22-8-4-5-9-23(22)28(24)19-27-13-11-26(12-14-27)17-20-6-2-1-3-7-20/h1-9,21H,10-19H2/t21-/m1/s1. The van der Waals surface area contributed by atoms with Gasteiger partial charge in [-0.2, -0.15) is 0 Å². The largest absolute Gasteiger partial charge is 0.314 e. The molecule has 31 heavy (non-hydrogen) atoms. The van der Waals surface area contributed by atoms with Gasteiger partial charge in [0.2, 0.25) is 0 Å². The van der Waals surface area contributed by atoms with Crippen molar-refractivity contribution in [2.75, 3.05) is 37.7 Å². The molecule has 0 amide bonds. The van der Waals surface area contributed by atoms with Crippen LogP contribution >= 0.6 is 0 Å². The monoisotopic (exact) mass is 438 g/mol. The predicted octanol–water partition coefficient (Wildman–Crippen LogP) is 2.79. The first kappa shape index (κ1) is 20.7. The lowest BCUT2D eigenvalue weighted by atomic mass is 10.1. The van der Waals surface area contributed by atoms with E-state index >= 15 is 0 Å². The van der Waals surface area contributed by atoms with Crippen molar-refractivity contribution in [1.82, 2.24) is 19.4 Å². The number of aromatic nitrogens is 2. The molecule has 0 unspecified atom stereocenters. The molecule has 2 saturated heterocycles. The number of nitrogens with zero attached hydrogens (tertiary/aromatic N) is 4. The summed E-state index contributed by atoms with van der Waals surface area (Å²) < 4.78 is 26.2. The lowest BCUT2D eigenvalue weighted by molar-refractivity contribution is 0.103. The number of sulfone groups is 1. The van der Waals surface area contributed by atoms with E-state index < -0.39 is 9.84 Å². The van der Waals surface area contributed by atoms with Gasteiger partial charge in [0.1, 0.15) is 5.82 Å². The maximum atomic E-state index is 11.9. The first-order valence-corrected chi connectivity index (χ1v) is 13.0. The Morgan fingerprint density at radius 2 is 1.61 bits per heavy atom. The van der Waals surface area contributed by atoms with E-state index in [1.54, 1.807) is 0 Å². The fraction of sp³-hybridized carbons (Fsp3) is 0.458. The maximum Gasteiger partial charge on any atom is 0.150 e. The molecule has 1 atom stereocenters. The van der Waals surface area contributed by atoms with E-state index in [0.717, 1.165) is 69.1 Å². The molecular formula is C24H30N4O2S. The normalized spacial score (nSPS) is 22.3. The van der Waals surface area contributed by atoms with Crippen molar-refractivity contribution in [2.24, 2.45) is 5.92 Å². The molecule has 2 fully saturated rings. The minimum atomic E-state index is -2.87. The Bertz CT molecular complexity index is 1130. The molecule has 0 N–H and O–H groups in total. The van der Waals surface area contributed by atoms with Gasteiger partial charge in [-0.05, 0) is 30.0 Å². The zero-order valence-electron chi connectivity index (χ0n) is 17.9. The van der Waals surface area contributed by atoms with Crippen molar-refractivity contribution in [3.63, 3.8) is 0 Å². The fourth-order valence-electron chi connectivity index (χ4n) is 4.86. The van der Waals surface area contributed by atoms with Crippen LogP contribution in [-0.2, 0) is 29.5 Å². The molecule has 1 aromatic heterocycles. The number of para-hydroxylation sites is 2. The van der Waals surface area contributed by atoms with Crippen LogP contribution in [0.25, 0.3) is 11.0 Å². The molecule has 0 bridgehead atoms. The van der Waals surface area contributed by atoms with E-state index in [4.69, 9.17) is 4.98 Å². The Kier molecular flexibility index (Phi) is 5.82. The molecule has 7 heteroatoms. The number of hydrogen-bond donors (Lipinski definition) is 0. The Hall–Kier alpha value is -2.22. The van der Waals surface area contributed by atoms with E-state index in [1.807, 2.05) is 6.07 Å². The summed E-state index contributed by atoms with van der Waals surface area (Å²) in [6, 6.07) is 18.9. The number of imidazole rings is 1. The molecule has 6 nitrogen and oxygen atoms in total. The Labute approximate surface area is 184 Å². The van der Waals surface area contributed by atoms with Crippen LogP contribution in [-0.4, -0.2) is 65.5 Å². The van der Waals surface area contributed by atoms with Crippen LogP contribution in [0.2, 0.25) is 0 Å². The molecule has 0 aliphatic carbocycles. The highest BCUT2D eigenvalue weighted by Gasteiger charge is 2.29. The van der Waals surface area contributed by atoms with Crippen LogP contribution in [0, 0.1) is 5.92 Å². The third-order valence-corrected chi connectivity index (χ3v) is 8.42. The second-order valence-electron chi connectivity index (χ2n) is 8.94. The molecule has 2 aliphatic heterocycles. The molecule has 0 saturated carbocycles. The Morgan fingerprint density at radius 3 is 2.35 bits per heavy atom. The van der Waals surface area contributed by atoms with E-state index in [0.29, 0.717) is 11.5 Å². The van der Waals surface area contributed by atoms with Crippen molar-refractivity contribution >= 4 is 20.9 Å². The van der Waals surface area contributed by atoms with Gasteiger partial charge in [0, 0.05) is 39.1 Å². The summed E-state index contributed by atoms with van der Waals surface area (Å²) in [7, 11) is -2.87. The fourth-order valence-corrected chi connectivity index (χ4v) is 6.72. The van der Waals surface area contributed by atoms with Gasteiger partial charge < -0.3 is 4.57 Å². The van der Waals surface area contributed by atoms with Crippen LogP contribution < -0.4 is 0 Å². The van der Waals surface area contributed by atoms with Crippen molar-refractivity contribution < 1.29 is 8.42 Å². The van der Waals surface area contributed by atoms with E-state index in [-0.39, 0.29) is 5.92 Å². The molecule has 3 aromatic rings. The van der Waals surface area contributed by atoms with Gasteiger partial charge in [-0.25, -0.2) is 13.4 Å². The summed E-state index contributed by atoms with van der Waals surface area (Å²) in [6.07, 6.45) is 1.49. The average molecular weight is 439 g/mol. The smallest absolute Gasteiger partial charge is 0.150 e. The van der Waals surface area contributed by atoms with Crippen molar-refractivity contribution in [3.8, 4) is 0 Å². The molecule has 0 radical (unpaired) electrons. The highest BCUT2D eigenvalue weighted by molar-refractivity contribution is 7.91. The van der Waals surface area contributed by atoms with Crippen LogP contribution in [0.3, 0.4) is 0 Å². The number of piperazine rings is 1. The summed E-state index contributed by atoms with van der Waals surface area (Å²) in [5.74, 6) is 1.83. The predicted molar refractivity (Wildman–Crippen MR) is 123 cm³/mol. The molecule has 0 spiro atoms. The zero-order chi connectivity index (χ0) is 21.3. The van der Waals surface area contributed by atoms with Gasteiger partial charge in [-0.1, -0.05) is 42.5 Å². The summed E-state index contributed by atoms with van der Waals surface area (Å²) >= 11 is 0. The summed E-state index contributed by atoms with van der Waals surface area (Å²) in [6.45, 7) is 5.97. The lowest BCUT2D eigenvalue weighted by Crippen LogP contribution is -2.46. The highest BCUT2D eigenvalue weighted by atomic mass is 32.2. The van der Waals surface area contributed by atoms with Gasteiger partial charge in [-0.3, -0.25) is 9.80 Å². The minimum Gasteiger partial charge on any atom is -0.314 e. The number of benzene rings is 2. The summed E-state index contributed by atoms with van der Waals surface area (Å²) in [5, 5.41) is 0. The SMILES string of the molecule is O=S1(=O)CC[C@H](Cc2nc3ccccc3n2CN2CCN(Cc3ccccc3)CC2)C1. The van der Waals surface area contributed by atoms with Crippen LogP contribution in [0.15, 0.2) is 54.6 Å². The first-order chi connectivity index (χ1) is 15.1. The summed E-state index contributed by atoms with van der Waals surface area (Å²) in [5.41, 5.74) is 3.51. The molecular weight excluding hydrogens is 408 g/mol. The minimum absolute atomic E-state index is 0.184. The van der Waals surface area contributed by atoms with Crippen molar-refractivity contribution in [1.29, 1.82) is 0 Å². The number of fused-ring (bicyclic) bond motifs is 1. The number of rotatable bonds is 6. The Morgan fingerprint density at radius 1 is 0.903 bits per heavy atom. The second-order valence-corrected chi connectivity index (χ2v) is 11.2. The van der Waals surface area contributed by atoms with E-state index in [1.165, 1.54) is 5.56 Å². The van der Waals surface area contributed by atoms with Gasteiger partial charge in [0.05, 0.1) is 29.2 Å². The van der Waals surface area contributed by atoms with Crippen LogP contribution in [0.1, 0.15) is 17.8 Å². The zero-order valence-corrected chi connectivity index (χ0v) is 18.7. The lowest BCUT2D eigenvalue weighted by Gasteiger charge is -2.35. The van der Waals surface area contributed by atoms with Gasteiger partial charge in [0.15, 0.2) is 9.84 Å². The molecule has 2 aromatic carbocycles. The summed E-state index contributed by atoms with van der Waals surface area (Å²) in [4.78, 5) is 9.90. The first-order valence-electron chi connectivity index (χ1n) is 11.2. The molecule has 5 rings (SSSR count). The van der Waals surface area contributed by atoms with E-state index in [9.17, 15) is 8.42 Å². The van der Waals surface area contributed by atoms with Gasteiger partial charge >= 0.3 is 0 Å². The highest BCUT2D eigenvalue weighted by Crippen LogP contribution is 2.25. The molecule has 3 heterocycles. The Balaban J connectivity index is 1.28.